The highest BCUT2D eigenvalue weighted by atomic mass is 16.5. The molecule has 0 spiro atoms. The van der Waals surface area contributed by atoms with E-state index < -0.39 is 0 Å². The Kier molecular flexibility index (Phi) is 6.46. The Morgan fingerprint density at radius 3 is 2.40 bits per heavy atom. The Balaban J connectivity index is 2.05. The van der Waals surface area contributed by atoms with Crippen LogP contribution in [-0.4, -0.2) is 26.7 Å². The number of amides is 1. The van der Waals surface area contributed by atoms with Crippen LogP contribution in [0.3, 0.4) is 0 Å². The molecule has 0 heterocycles. The molecule has 0 aromatic heterocycles. The zero-order chi connectivity index (χ0) is 18.2. The molecular weight excluding hydrogens is 318 g/mol. The van der Waals surface area contributed by atoms with Crippen LogP contribution in [0, 0.1) is 0 Å². The summed E-state index contributed by atoms with van der Waals surface area (Å²) in [4.78, 5) is 12.4. The van der Waals surface area contributed by atoms with Crippen molar-refractivity contribution < 1.29 is 19.0 Å². The molecule has 0 saturated heterocycles. The molecule has 1 N–H and O–H groups in total. The number of carbonyl (C=O) groups is 1. The fraction of sp³-hybridized carbons (Fsp3) is 0.250. The van der Waals surface area contributed by atoms with Gasteiger partial charge < -0.3 is 19.5 Å². The van der Waals surface area contributed by atoms with Gasteiger partial charge in [-0.1, -0.05) is 18.7 Å². The summed E-state index contributed by atoms with van der Waals surface area (Å²) in [5, 5.41) is 2.97. The lowest BCUT2D eigenvalue weighted by molar-refractivity contribution is 0.0940. The molecule has 2 rings (SSSR count). The van der Waals surface area contributed by atoms with Gasteiger partial charge in [0.25, 0.3) is 5.91 Å². The van der Waals surface area contributed by atoms with Crippen molar-refractivity contribution in [2.24, 2.45) is 0 Å². The third kappa shape index (κ3) is 4.76. The van der Waals surface area contributed by atoms with Crippen molar-refractivity contribution >= 4 is 5.91 Å². The summed E-state index contributed by atoms with van der Waals surface area (Å²) >= 11 is 0. The van der Waals surface area contributed by atoms with Crippen molar-refractivity contribution in [3.05, 3.63) is 66.2 Å². The molecule has 0 saturated carbocycles. The predicted molar refractivity (Wildman–Crippen MR) is 97.6 cm³/mol. The van der Waals surface area contributed by atoms with E-state index in [2.05, 4.69) is 11.9 Å². The standard InChI is InChI=1S/C20H23NO4/c1-5-12-25-17-9-6-15(7-10-17)20(22)21-14(2)16-8-11-18(23-3)19(13-16)24-4/h5-11,13-14H,1,12H2,2-4H3,(H,21,22). The molecule has 25 heavy (non-hydrogen) atoms. The first-order chi connectivity index (χ1) is 12.1. The maximum absolute atomic E-state index is 12.4. The van der Waals surface area contributed by atoms with Gasteiger partial charge in [0.05, 0.1) is 20.3 Å². The molecule has 0 aliphatic heterocycles. The van der Waals surface area contributed by atoms with Crippen molar-refractivity contribution in [3.63, 3.8) is 0 Å². The number of benzene rings is 2. The minimum Gasteiger partial charge on any atom is -0.493 e. The highest BCUT2D eigenvalue weighted by Gasteiger charge is 2.14. The number of hydrogen-bond donors (Lipinski definition) is 1. The Morgan fingerprint density at radius 2 is 1.80 bits per heavy atom. The van der Waals surface area contributed by atoms with Crippen molar-refractivity contribution in [1.82, 2.24) is 5.32 Å². The van der Waals surface area contributed by atoms with Gasteiger partial charge in [-0.2, -0.15) is 0 Å². The van der Waals surface area contributed by atoms with Crippen LogP contribution in [0.25, 0.3) is 0 Å². The first kappa shape index (κ1) is 18.4. The molecule has 5 heteroatoms. The normalized spacial score (nSPS) is 11.3. The van der Waals surface area contributed by atoms with Crippen LogP contribution >= 0.6 is 0 Å². The summed E-state index contributed by atoms with van der Waals surface area (Å²) in [6.45, 7) is 5.95. The lowest BCUT2D eigenvalue weighted by Gasteiger charge is -2.16. The summed E-state index contributed by atoms with van der Waals surface area (Å²) in [6, 6.07) is 12.4. The lowest BCUT2D eigenvalue weighted by atomic mass is 10.1. The lowest BCUT2D eigenvalue weighted by Crippen LogP contribution is -2.26. The van der Waals surface area contributed by atoms with E-state index in [0.717, 1.165) is 5.56 Å². The predicted octanol–water partition coefficient (Wildman–Crippen LogP) is 3.76. The average molecular weight is 341 g/mol. The highest BCUT2D eigenvalue weighted by molar-refractivity contribution is 5.94. The number of hydrogen-bond acceptors (Lipinski definition) is 4. The first-order valence-corrected chi connectivity index (χ1v) is 7.95. The highest BCUT2D eigenvalue weighted by Crippen LogP contribution is 2.30. The van der Waals surface area contributed by atoms with Gasteiger partial charge in [0.15, 0.2) is 11.5 Å². The topological polar surface area (TPSA) is 56.8 Å². The van der Waals surface area contributed by atoms with E-state index in [1.165, 1.54) is 0 Å². The van der Waals surface area contributed by atoms with Crippen molar-refractivity contribution in [2.45, 2.75) is 13.0 Å². The summed E-state index contributed by atoms with van der Waals surface area (Å²) in [7, 11) is 3.17. The monoisotopic (exact) mass is 341 g/mol. The van der Waals surface area contributed by atoms with E-state index in [-0.39, 0.29) is 11.9 Å². The fourth-order valence-corrected chi connectivity index (χ4v) is 2.34. The van der Waals surface area contributed by atoms with Gasteiger partial charge in [-0.15, -0.1) is 0 Å². The smallest absolute Gasteiger partial charge is 0.251 e. The molecule has 0 aliphatic carbocycles. The van der Waals surface area contributed by atoms with E-state index in [4.69, 9.17) is 14.2 Å². The van der Waals surface area contributed by atoms with Gasteiger partial charge in [0.1, 0.15) is 12.4 Å². The van der Waals surface area contributed by atoms with Crippen LogP contribution in [0.15, 0.2) is 55.1 Å². The molecule has 5 nitrogen and oxygen atoms in total. The third-order valence-electron chi connectivity index (χ3n) is 3.74. The van der Waals surface area contributed by atoms with Crippen LogP contribution in [-0.2, 0) is 0 Å². The number of carbonyl (C=O) groups excluding carboxylic acids is 1. The quantitative estimate of drug-likeness (QED) is 0.743. The first-order valence-electron chi connectivity index (χ1n) is 7.95. The van der Waals surface area contributed by atoms with Crippen molar-refractivity contribution in [1.29, 1.82) is 0 Å². The number of rotatable bonds is 8. The Hall–Kier alpha value is -2.95. The van der Waals surface area contributed by atoms with E-state index in [0.29, 0.717) is 29.4 Å². The third-order valence-corrected chi connectivity index (χ3v) is 3.74. The molecule has 0 fully saturated rings. The maximum Gasteiger partial charge on any atom is 0.251 e. The number of ether oxygens (including phenoxy) is 3. The fourth-order valence-electron chi connectivity index (χ4n) is 2.34. The van der Waals surface area contributed by atoms with Crippen LogP contribution in [0.1, 0.15) is 28.9 Å². The minimum absolute atomic E-state index is 0.155. The molecule has 1 atom stereocenters. The maximum atomic E-state index is 12.4. The van der Waals surface area contributed by atoms with E-state index in [1.807, 2.05) is 25.1 Å². The molecule has 132 valence electrons. The molecule has 1 unspecified atom stereocenters. The Bertz CT molecular complexity index is 725. The van der Waals surface area contributed by atoms with Crippen molar-refractivity contribution in [2.75, 3.05) is 20.8 Å². The number of nitrogens with one attached hydrogen (secondary N) is 1. The second-order valence-corrected chi connectivity index (χ2v) is 5.43. The molecule has 2 aromatic rings. The molecule has 0 aliphatic rings. The molecule has 2 aromatic carbocycles. The summed E-state index contributed by atoms with van der Waals surface area (Å²) in [5.74, 6) is 1.83. The zero-order valence-corrected chi connectivity index (χ0v) is 14.7. The van der Waals surface area contributed by atoms with E-state index in [9.17, 15) is 4.79 Å². The summed E-state index contributed by atoms with van der Waals surface area (Å²) in [6.07, 6.45) is 1.67. The molecule has 0 radical (unpaired) electrons. The molecular formula is C20H23NO4. The van der Waals surface area contributed by atoms with E-state index in [1.54, 1.807) is 44.6 Å². The van der Waals surface area contributed by atoms with Crippen LogP contribution in [0.4, 0.5) is 0 Å². The second kappa shape index (κ2) is 8.78. The van der Waals surface area contributed by atoms with Crippen LogP contribution in [0.5, 0.6) is 17.2 Å². The summed E-state index contributed by atoms with van der Waals surface area (Å²) < 4.78 is 15.9. The van der Waals surface area contributed by atoms with Crippen molar-refractivity contribution in [3.8, 4) is 17.2 Å². The number of methoxy groups -OCH3 is 2. The zero-order valence-electron chi connectivity index (χ0n) is 14.7. The Labute approximate surface area is 148 Å². The molecule has 0 bridgehead atoms. The largest absolute Gasteiger partial charge is 0.493 e. The minimum atomic E-state index is -0.177. The summed E-state index contributed by atoms with van der Waals surface area (Å²) in [5.41, 5.74) is 1.50. The molecule has 1 amide bonds. The van der Waals surface area contributed by atoms with Gasteiger partial charge in [-0.3, -0.25) is 4.79 Å². The van der Waals surface area contributed by atoms with E-state index >= 15 is 0 Å². The van der Waals surface area contributed by atoms with Crippen LogP contribution in [0.2, 0.25) is 0 Å². The average Bonchev–Trinajstić information content (AvgIpc) is 2.65. The van der Waals surface area contributed by atoms with Gasteiger partial charge in [0.2, 0.25) is 0 Å². The second-order valence-electron chi connectivity index (χ2n) is 5.43. The van der Waals surface area contributed by atoms with Gasteiger partial charge >= 0.3 is 0 Å². The van der Waals surface area contributed by atoms with Gasteiger partial charge in [0, 0.05) is 5.56 Å². The van der Waals surface area contributed by atoms with Gasteiger partial charge in [-0.25, -0.2) is 0 Å². The SMILES string of the molecule is C=CCOc1ccc(C(=O)NC(C)c2ccc(OC)c(OC)c2)cc1. The van der Waals surface area contributed by atoms with Crippen LogP contribution < -0.4 is 19.5 Å². The van der Waals surface area contributed by atoms with Gasteiger partial charge in [-0.05, 0) is 48.9 Å². The Morgan fingerprint density at radius 1 is 1.12 bits per heavy atom.